The number of amides is 1. The zero-order chi connectivity index (χ0) is 20.7. The molecule has 3 rings (SSSR count). The van der Waals surface area contributed by atoms with E-state index in [1.54, 1.807) is 26.1 Å². The van der Waals surface area contributed by atoms with E-state index in [1.807, 2.05) is 0 Å². The number of nitrogens with two attached hydrogens (primary N) is 1. The number of hydrogen-bond donors (Lipinski definition) is 2. The quantitative estimate of drug-likeness (QED) is 0.698. The summed E-state index contributed by atoms with van der Waals surface area (Å²) in [6.45, 7) is 6.25. The third kappa shape index (κ3) is 4.21. The Labute approximate surface area is 160 Å². The number of aromatic nitrogens is 1. The second-order valence-electron chi connectivity index (χ2n) is 7.96. The molecule has 0 unspecified atom stereocenters. The number of rotatable bonds is 0. The fourth-order valence-electron chi connectivity index (χ4n) is 3.36. The Morgan fingerprint density at radius 1 is 1.29 bits per heavy atom. The first-order valence-electron chi connectivity index (χ1n) is 9.15. The zero-order valence-corrected chi connectivity index (χ0v) is 16.1. The van der Waals surface area contributed by atoms with E-state index in [0.29, 0.717) is 37.2 Å². The molecule has 154 valence electrons. The van der Waals surface area contributed by atoms with Crippen molar-refractivity contribution < 1.29 is 32.5 Å². The lowest BCUT2D eigenvalue weighted by Gasteiger charge is -2.31. The van der Waals surface area contributed by atoms with E-state index < -0.39 is 23.6 Å². The molecule has 0 radical (unpaired) electrons. The highest BCUT2D eigenvalue weighted by atomic mass is 19.4. The van der Waals surface area contributed by atoms with Crippen molar-refractivity contribution in [1.29, 1.82) is 5.41 Å². The molecule has 1 aromatic heterocycles. The molecule has 2 aliphatic rings. The van der Waals surface area contributed by atoms with Crippen molar-refractivity contribution in [2.45, 2.75) is 51.8 Å². The molecule has 10 heteroatoms. The highest BCUT2D eigenvalue weighted by molar-refractivity contribution is 6.04. The number of carbonyl (C=O) groups is 1. The maximum Gasteiger partial charge on any atom is 0.452 e. The number of likely N-dealkylation sites (tertiary alicyclic amines) is 1. The Bertz CT molecular complexity index is 821. The van der Waals surface area contributed by atoms with Crippen LogP contribution in [0.2, 0.25) is 0 Å². The first-order chi connectivity index (χ1) is 13.0. The normalized spacial score (nSPS) is 21.4. The highest BCUT2D eigenvalue weighted by Gasteiger charge is 2.42. The summed E-state index contributed by atoms with van der Waals surface area (Å²) in [6, 6.07) is 0. The topological polar surface area (TPSA) is 96.0 Å². The van der Waals surface area contributed by atoms with E-state index in [1.165, 1.54) is 4.90 Å². The van der Waals surface area contributed by atoms with Gasteiger partial charge in [-0.25, -0.2) is 4.79 Å². The molecule has 1 amide bonds. The van der Waals surface area contributed by atoms with Gasteiger partial charge in [-0.3, -0.25) is 0 Å². The SMILES string of the molecule is CC(C)(C)OC(=O)N1CCC(=N)/C(=C2\[NH2+]CCCc3c2noc3C(F)(F)F)C1. The summed E-state index contributed by atoms with van der Waals surface area (Å²) in [5.41, 5.74) is 0.703. The Balaban J connectivity index is 1.98. The van der Waals surface area contributed by atoms with Crippen molar-refractivity contribution in [1.82, 2.24) is 10.1 Å². The van der Waals surface area contributed by atoms with Gasteiger partial charge in [-0.15, -0.1) is 0 Å². The monoisotopic (exact) mass is 401 g/mol. The molecule has 0 bridgehead atoms. The van der Waals surface area contributed by atoms with Crippen LogP contribution in [0.15, 0.2) is 10.1 Å². The van der Waals surface area contributed by atoms with Crippen LogP contribution in [-0.4, -0.2) is 47.1 Å². The van der Waals surface area contributed by atoms with Crippen LogP contribution in [0.5, 0.6) is 0 Å². The Morgan fingerprint density at radius 2 is 2.00 bits per heavy atom. The van der Waals surface area contributed by atoms with E-state index in [-0.39, 0.29) is 29.9 Å². The van der Waals surface area contributed by atoms with Crippen LogP contribution in [0.1, 0.15) is 50.6 Å². The first kappa shape index (κ1) is 20.4. The van der Waals surface area contributed by atoms with E-state index in [4.69, 9.17) is 10.1 Å². The zero-order valence-electron chi connectivity index (χ0n) is 16.1. The van der Waals surface area contributed by atoms with Gasteiger partial charge in [-0.2, -0.15) is 13.2 Å². The van der Waals surface area contributed by atoms with Crippen molar-refractivity contribution in [3.05, 3.63) is 22.6 Å². The summed E-state index contributed by atoms with van der Waals surface area (Å²) < 4.78 is 49.7. The maximum absolute atomic E-state index is 13.2. The summed E-state index contributed by atoms with van der Waals surface area (Å²) >= 11 is 0. The standard InChI is InChI=1S/C18H23F3N4O3/c1-17(2,3)27-16(26)25-8-6-12(22)11(9-25)13-14-10(5-4-7-23-13)15(28-24-14)18(19,20)21/h22-23H,4-9H2,1-3H3/p+1/b13-11-,22-12?. The van der Waals surface area contributed by atoms with Crippen LogP contribution in [-0.2, 0) is 17.3 Å². The Kier molecular flexibility index (Phi) is 5.26. The highest BCUT2D eigenvalue weighted by Crippen LogP contribution is 2.36. The number of piperidine rings is 1. The molecule has 1 aromatic rings. The average molecular weight is 401 g/mol. The van der Waals surface area contributed by atoms with E-state index in [9.17, 15) is 18.0 Å². The molecule has 0 aliphatic carbocycles. The van der Waals surface area contributed by atoms with Crippen LogP contribution < -0.4 is 5.32 Å². The summed E-state index contributed by atoms with van der Waals surface area (Å²) in [6.07, 6.45) is -4.11. The van der Waals surface area contributed by atoms with Crippen LogP contribution in [0.4, 0.5) is 18.0 Å². The predicted octanol–water partition coefficient (Wildman–Crippen LogP) is 2.57. The van der Waals surface area contributed by atoms with Gasteiger partial charge < -0.3 is 24.9 Å². The van der Waals surface area contributed by atoms with E-state index in [0.717, 1.165) is 0 Å². The minimum absolute atomic E-state index is 0.0194. The Morgan fingerprint density at radius 3 is 2.64 bits per heavy atom. The number of halogens is 3. The van der Waals surface area contributed by atoms with Gasteiger partial charge in [-0.05, 0) is 27.2 Å². The fraction of sp³-hybridized carbons (Fsp3) is 0.611. The summed E-state index contributed by atoms with van der Waals surface area (Å²) in [4.78, 5) is 13.9. The number of fused-ring (bicyclic) bond motifs is 1. The van der Waals surface area contributed by atoms with Crippen molar-refractivity contribution in [3.8, 4) is 0 Å². The first-order valence-corrected chi connectivity index (χ1v) is 9.15. The van der Waals surface area contributed by atoms with Gasteiger partial charge in [0.25, 0.3) is 0 Å². The van der Waals surface area contributed by atoms with Crippen LogP contribution in [0.3, 0.4) is 0 Å². The molecular weight excluding hydrogens is 377 g/mol. The maximum atomic E-state index is 13.2. The molecular formula is C18H24F3N4O3+. The van der Waals surface area contributed by atoms with Gasteiger partial charge >= 0.3 is 12.3 Å². The minimum Gasteiger partial charge on any atom is -0.444 e. The van der Waals surface area contributed by atoms with Crippen LogP contribution in [0.25, 0.3) is 5.70 Å². The molecule has 0 atom stereocenters. The summed E-state index contributed by atoms with van der Waals surface area (Å²) in [7, 11) is 0. The number of alkyl halides is 3. The summed E-state index contributed by atoms with van der Waals surface area (Å²) in [5.74, 6) is -1.08. The smallest absolute Gasteiger partial charge is 0.444 e. The van der Waals surface area contributed by atoms with Gasteiger partial charge in [0.2, 0.25) is 5.76 Å². The number of quaternary nitrogens is 1. The van der Waals surface area contributed by atoms with Gasteiger partial charge in [0.1, 0.15) is 5.60 Å². The summed E-state index contributed by atoms with van der Waals surface area (Å²) in [5, 5.41) is 13.8. The molecule has 7 nitrogen and oxygen atoms in total. The molecule has 2 aliphatic heterocycles. The van der Waals surface area contributed by atoms with Crippen molar-refractivity contribution in [3.63, 3.8) is 0 Å². The fourth-order valence-corrected chi connectivity index (χ4v) is 3.36. The second-order valence-corrected chi connectivity index (χ2v) is 7.96. The average Bonchev–Trinajstić information content (AvgIpc) is 2.88. The molecule has 3 N–H and O–H groups in total. The van der Waals surface area contributed by atoms with Gasteiger partial charge in [-0.1, -0.05) is 5.16 Å². The number of nitrogens with one attached hydrogen (secondary N) is 1. The lowest BCUT2D eigenvalue weighted by Crippen LogP contribution is -2.81. The number of nitrogens with zero attached hydrogens (tertiary/aromatic N) is 2. The van der Waals surface area contributed by atoms with Gasteiger partial charge in [0, 0.05) is 30.7 Å². The second kappa shape index (κ2) is 7.23. The molecule has 0 saturated carbocycles. The minimum atomic E-state index is -4.62. The number of carbonyl (C=O) groups excluding carboxylic acids is 1. The van der Waals surface area contributed by atoms with E-state index in [2.05, 4.69) is 9.68 Å². The van der Waals surface area contributed by atoms with Crippen molar-refractivity contribution in [2.75, 3.05) is 19.6 Å². The van der Waals surface area contributed by atoms with Gasteiger partial charge in [0.05, 0.1) is 18.7 Å². The molecule has 0 spiro atoms. The van der Waals surface area contributed by atoms with Crippen molar-refractivity contribution >= 4 is 17.5 Å². The molecule has 0 aromatic carbocycles. The number of ether oxygens (including phenoxy) is 1. The third-order valence-electron chi connectivity index (χ3n) is 4.60. The van der Waals surface area contributed by atoms with Crippen LogP contribution >= 0.6 is 0 Å². The van der Waals surface area contributed by atoms with E-state index >= 15 is 0 Å². The lowest BCUT2D eigenvalue weighted by atomic mass is 9.97. The van der Waals surface area contributed by atoms with Crippen LogP contribution in [0, 0.1) is 5.41 Å². The molecule has 3 heterocycles. The largest absolute Gasteiger partial charge is 0.452 e. The Hall–Kier alpha value is -2.36. The van der Waals surface area contributed by atoms with Gasteiger partial charge in [0.15, 0.2) is 11.4 Å². The lowest BCUT2D eigenvalue weighted by molar-refractivity contribution is -0.563. The van der Waals surface area contributed by atoms with Crippen molar-refractivity contribution in [2.24, 2.45) is 0 Å². The number of hydrogen-bond acceptors (Lipinski definition) is 5. The third-order valence-corrected chi connectivity index (χ3v) is 4.60. The molecule has 28 heavy (non-hydrogen) atoms. The predicted molar refractivity (Wildman–Crippen MR) is 93.7 cm³/mol. The molecule has 1 fully saturated rings. The molecule has 1 saturated heterocycles.